The van der Waals surface area contributed by atoms with Crippen molar-refractivity contribution in [2.24, 2.45) is 0 Å². The number of H-pyrrole nitrogens is 1. The molecule has 31 heavy (non-hydrogen) atoms. The molecule has 148 valence electrons. The van der Waals surface area contributed by atoms with E-state index in [2.05, 4.69) is 15.2 Å². The lowest BCUT2D eigenvalue weighted by Gasteiger charge is -2.01. The molecule has 0 atom stereocenters. The molecule has 1 N–H and O–H groups in total. The Hall–Kier alpha value is -4.45. The molecule has 0 saturated heterocycles. The SMILES string of the molecule is O=c1oc2ccccc2cc1-c1nnc(-c2c(-c3ccccc3)[nH]c3ccccc23)o1. The summed E-state index contributed by atoms with van der Waals surface area (Å²) in [7, 11) is 0. The van der Waals surface area contributed by atoms with Gasteiger partial charge in [-0.15, -0.1) is 10.2 Å². The third kappa shape index (κ3) is 2.85. The first kappa shape index (κ1) is 17.4. The van der Waals surface area contributed by atoms with E-state index in [1.54, 1.807) is 12.1 Å². The molecule has 0 saturated carbocycles. The van der Waals surface area contributed by atoms with E-state index in [0.717, 1.165) is 33.1 Å². The molecule has 6 heteroatoms. The topological polar surface area (TPSA) is 84.9 Å². The van der Waals surface area contributed by atoms with Crippen molar-refractivity contribution in [1.82, 2.24) is 15.2 Å². The average Bonchev–Trinajstić information content (AvgIpc) is 3.44. The fourth-order valence-corrected chi connectivity index (χ4v) is 3.83. The summed E-state index contributed by atoms with van der Waals surface area (Å²) in [6.07, 6.45) is 0. The number of para-hydroxylation sites is 2. The van der Waals surface area contributed by atoms with Crippen molar-refractivity contribution in [3.8, 4) is 34.2 Å². The van der Waals surface area contributed by atoms with Gasteiger partial charge in [-0.05, 0) is 23.8 Å². The smallest absolute Gasteiger partial charge is 0.349 e. The standard InChI is InChI=1S/C25H15N3O3/c29-25-18(14-16-10-4-7-13-20(16)30-25)23-27-28-24(31-23)21-17-11-5-6-12-19(17)26-22(21)15-8-2-1-3-9-15/h1-14,26H. The Morgan fingerprint density at radius 1 is 0.742 bits per heavy atom. The van der Waals surface area contributed by atoms with Crippen LogP contribution in [-0.4, -0.2) is 15.2 Å². The van der Waals surface area contributed by atoms with Crippen LogP contribution < -0.4 is 5.63 Å². The summed E-state index contributed by atoms with van der Waals surface area (Å²) in [5.74, 6) is 0.456. The Labute approximate surface area is 175 Å². The van der Waals surface area contributed by atoms with Crippen LogP contribution in [-0.2, 0) is 0 Å². The Kier molecular flexibility index (Phi) is 3.83. The lowest BCUT2D eigenvalue weighted by atomic mass is 10.1. The summed E-state index contributed by atoms with van der Waals surface area (Å²) < 4.78 is 11.4. The number of hydrogen-bond donors (Lipinski definition) is 1. The van der Waals surface area contributed by atoms with Gasteiger partial charge in [0.05, 0.1) is 11.3 Å². The first-order chi connectivity index (χ1) is 15.3. The van der Waals surface area contributed by atoms with Gasteiger partial charge in [-0.25, -0.2) is 4.79 Å². The highest BCUT2D eigenvalue weighted by molar-refractivity contribution is 6.01. The molecule has 3 aromatic heterocycles. The second-order valence-corrected chi connectivity index (χ2v) is 7.18. The van der Waals surface area contributed by atoms with Gasteiger partial charge in [-0.2, -0.15) is 0 Å². The average molecular weight is 405 g/mol. The zero-order valence-electron chi connectivity index (χ0n) is 16.2. The van der Waals surface area contributed by atoms with E-state index in [0.29, 0.717) is 11.5 Å². The summed E-state index contributed by atoms with van der Waals surface area (Å²) in [4.78, 5) is 16.0. The van der Waals surface area contributed by atoms with Crippen molar-refractivity contribution in [2.75, 3.05) is 0 Å². The van der Waals surface area contributed by atoms with Crippen LogP contribution in [0.15, 0.2) is 98.6 Å². The molecule has 0 aliphatic carbocycles. The van der Waals surface area contributed by atoms with E-state index in [9.17, 15) is 4.79 Å². The minimum atomic E-state index is -0.517. The quantitative estimate of drug-likeness (QED) is 0.384. The minimum Gasteiger partial charge on any atom is -0.422 e. The maximum Gasteiger partial charge on any atom is 0.349 e. The molecule has 0 spiro atoms. The van der Waals surface area contributed by atoms with Crippen LogP contribution in [0.4, 0.5) is 0 Å². The van der Waals surface area contributed by atoms with Crippen molar-refractivity contribution in [3.05, 3.63) is 95.3 Å². The molecule has 3 aromatic carbocycles. The van der Waals surface area contributed by atoms with Gasteiger partial charge in [-0.3, -0.25) is 0 Å². The zero-order valence-corrected chi connectivity index (χ0v) is 16.2. The summed E-state index contributed by atoms with van der Waals surface area (Å²) in [5, 5.41) is 10.2. The van der Waals surface area contributed by atoms with Crippen molar-refractivity contribution >= 4 is 21.9 Å². The maximum absolute atomic E-state index is 12.5. The van der Waals surface area contributed by atoms with E-state index in [-0.39, 0.29) is 11.5 Å². The second-order valence-electron chi connectivity index (χ2n) is 7.18. The van der Waals surface area contributed by atoms with Crippen molar-refractivity contribution in [2.45, 2.75) is 0 Å². The molecular formula is C25H15N3O3. The van der Waals surface area contributed by atoms with Crippen LogP contribution in [0.2, 0.25) is 0 Å². The molecule has 6 rings (SSSR count). The highest BCUT2D eigenvalue weighted by Crippen LogP contribution is 2.38. The van der Waals surface area contributed by atoms with E-state index in [1.807, 2.05) is 72.8 Å². The lowest BCUT2D eigenvalue weighted by Crippen LogP contribution is -2.02. The number of nitrogens with one attached hydrogen (secondary N) is 1. The zero-order chi connectivity index (χ0) is 20.8. The molecule has 6 aromatic rings. The number of fused-ring (bicyclic) bond motifs is 2. The van der Waals surface area contributed by atoms with Gasteiger partial charge in [-0.1, -0.05) is 66.7 Å². The Balaban J connectivity index is 1.55. The maximum atomic E-state index is 12.5. The van der Waals surface area contributed by atoms with Gasteiger partial charge in [0.1, 0.15) is 11.1 Å². The molecule has 0 amide bonds. The summed E-state index contributed by atoms with van der Waals surface area (Å²) >= 11 is 0. The highest BCUT2D eigenvalue weighted by atomic mass is 16.4. The molecule has 0 fully saturated rings. The predicted octanol–water partition coefficient (Wildman–Crippen LogP) is 5.66. The van der Waals surface area contributed by atoms with Crippen LogP contribution >= 0.6 is 0 Å². The van der Waals surface area contributed by atoms with Gasteiger partial charge >= 0.3 is 5.63 Å². The second kappa shape index (κ2) is 6.81. The molecule has 0 radical (unpaired) electrons. The third-order valence-electron chi connectivity index (χ3n) is 5.28. The molecule has 0 unspecified atom stereocenters. The number of hydrogen-bond acceptors (Lipinski definition) is 5. The monoisotopic (exact) mass is 405 g/mol. The number of rotatable bonds is 3. The van der Waals surface area contributed by atoms with E-state index < -0.39 is 5.63 Å². The van der Waals surface area contributed by atoms with Crippen molar-refractivity contribution in [3.63, 3.8) is 0 Å². The summed E-state index contributed by atoms with van der Waals surface area (Å²) in [6.45, 7) is 0. The van der Waals surface area contributed by atoms with Crippen LogP contribution in [0, 0.1) is 0 Å². The van der Waals surface area contributed by atoms with E-state index >= 15 is 0 Å². The molecule has 0 aliphatic rings. The molecule has 3 heterocycles. The predicted molar refractivity (Wildman–Crippen MR) is 119 cm³/mol. The van der Waals surface area contributed by atoms with Crippen LogP contribution in [0.1, 0.15) is 0 Å². The first-order valence-electron chi connectivity index (χ1n) is 9.81. The van der Waals surface area contributed by atoms with Gasteiger partial charge in [0.15, 0.2) is 0 Å². The molecular weight excluding hydrogens is 390 g/mol. The van der Waals surface area contributed by atoms with E-state index in [4.69, 9.17) is 8.83 Å². The Morgan fingerprint density at radius 3 is 2.39 bits per heavy atom. The largest absolute Gasteiger partial charge is 0.422 e. The van der Waals surface area contributed by atoms with Crippen LogP contribution in [0.25, 0.3) is 56.0 Å². The van der Waals surface area contributed by atoms with Crippen molar-refractivity contribution < 1.29 is 8.83 Å². The molecule has 0 aliphatic heterocycles. The normalized spacial score (nSPS) is 11.4. The number of benzene rings is 3. The van der Waals surface area contributed by atoms with Crippen molar-refractivity contribution in [1.29, 1.82) is 0 Å². The number of nitrogens with zero attached hydrogens (tertiary/aromatic N) is 2. The Morgan fingerprint density at radius 2 is 1.48 bits per heavy atom. The minimum absolute atomic E-state index is 0.124. The molecule has 6 nitrogen and oxygen atoms in total. The van der Waals surface area contributed by atoms with Gasteiger partial charge < -0.3 is 13.8 Å². The van der Waals surface area contributed by atoms with Crippen LogP contribution in [0.3, 0.4) is 0 Å². The summed E-state index contributed by atoms with van der Waals surface area (Å²) in [5.41, 5.74) is 3.86. The van der Waals surface area contributed by atoms with E-state index in [1.165, 1.54) is 0 Å². The third-order valence-corrected chi connectivity index (χ3v) is 5.28. The fraction of sp³-hybridized carbons (Fsp3) is 0. The molecule has 0 bridgehead atoms. The van der Waals surface area contributed by atoms with Gasteiger partial charge in [0.25, 0.3) is 11.8 Å². The lowest BCUT2D eigenvalue weighted by molar-refractivity contribution is 0.547. The fourth-order valence-electron chi connectivity index (χ4n) is 3.83. The number of aromatic amines is 1. The Bertz CT molecular complexity index is 1610. The van der Waals surface area contributed by atoms with Gasteiger partial charge in [0, 0.05) is 16.3 Å². The number of aromatic nitrogens is 3. The van der Waals surface area contributed by atoms with Crippen LogP contribution in [0.5, 0.6) is 0 Å². The first-order valence-corrected chi connectivity index (χ1v) is 9.81. The van der Waals surface area contributed by atoms with Gasteiger partial charge in [0.2, 0.25) is 0 Å². The highest BCUT2D eigenvalue weighted by Gasteiger charge is 2.22. The summed E-state index contributed by atoms with van der Waals surface area (Å²) in [6, 6.07) is 26.9.